The molecule has 1 N–H and O–H groups in total. The Labute approximate surface area is 60.5 Å². The quantitative estimate of drug-likeness (QED) is 0.277. The van der Waals surface area contributed by atoms with Crippen LogP contribution in [0.1, 0.15) is 20.8 Å². The van der Waals surface area contributed by atoms with Gasteiger partial charge in [-0.15, -0.1) is 11.6 Å². The molecule has 0 bridgehead atoms. The van der Waals surface area contributed by atoms with Gasteiger partial charge in [-0.1, -0.05) is 19.0 Å². The SMILES string of the molecule is C/C(=N\O)C(Cl)C(C)C. The van der Waals surface area contributed by atoms with Gasteiger partial charge in [-0.25, -0.2) is 0 Å². The van der Waals surface area contributed by atoms with Crippen molar-refractivity contribution in [2.24, 2.45) is 11.1 Å². The summed E-state index contributed by atoms with van der Waals surface area (Å²) in [7, 11) is 0. The van der Waals surface area contributed by atoms with Crippen LogP contribution in [0.3, 0.4) is 0 Å². The molecule has 0 aromatic heterocycles. The van der Waals surface area contributed by atoms with Gasteiger partial charge in [-0.2, -0.15) is 0 Å². The van der Waals surface area contributed by atoms with Crippen LogP contribution >= 0.6 is 11.6 Å². The van der Waals surface area contributed by atoms with E-state index in [0.717, 1.165) is 0 Å². The predicted molar refractivity (Wildman–Crippen MR) is 39.4 cm³/mol. The molecule has 54 valence electrons. The van der Waals surface area contributed by atoms with Crippen LogP contribution in [0.2, 0.25) is 0 Å². The number of alkyl halides is 1. The minimum absolute atomic E-state index is 0.144. The van der Waals surface area contributed by atoms with Crippen molar-refractivity contribution in [2.45, 2.75) is 26.1 Å². The van der Waals surface area contributed by atoms with Gasteiger partial charge in [0.05, 0.1) is 11.1 Å². The van der Waals surface area contributed by atoms with Gasteiger partial charge >= 0.3 is 0 Å². The van der Waals surface area contributed by atoms with Crippen LogP contribution in [0.4, 0.5) is 0 Å². The Balaban J connectivity index is 3.88. The molecule has 0 radical (unpaired) electrons. The fourth-order valence-corrected chi connectivity index (χ4v) is 0.581. The summed E-state index contributed by atoms with van der Waals surface area (Å²) in [6.45, 7) is 5.66. The Morgan fingerprint density at radius 2 is 2.00 bits per heavy atom. The normalized spacial score (nSPS) is 16.3. The summed E-state index contributed by atoms with van der Waals surface area (Å²) in [6.07, 6.45) is 0. The number of halogens is 1. The fourth-order valence-electron chi connectivity index (χ4n) is 0.538. The van der Waals surface area contributed by atoms with Crippen LogP contribution in [-0.2, 0) is 0 Å². The summed E-state index contributed by atoms with van der Waals surface area (Å²) in [5.74, 6) is 0.322. The van der Waals surface area contributed by atoms with Crippen molar-refractivity contribution in [1.29, 1.82) is 0 Å². The maximum atomic E-state index is 8.26. The highest BCUT2D eigenvalue weighted by molar-refractivity contribution is 6.31. The van der Waals surface area contributed by atoms with E-state index < -0.39 is 0 Å². The van der Waals surface area contributed by atoms with Crippen LogP contribution in [-0.4, -0.2) is 16.3 Å². The summed E-state index contributed by atoms with van der Waals surface area (Å²) in [4.78, 5) is 0. The van der Waals surface area contributed by atoms with Crippen molar-refractivity contribution in [3.8, 4) is 0 Å². The third-order valence-electron chi connectivity index (χ3n) is 1.14. The summed E-state index contributed by atoms with van der Waals surface area (Å²) in [5.41, 5.74) is 0.576. The molecule has 0 rings (SSSR count). The second kappa shape index (κ2) is 3.72. The molecular formula is C6H12ClNO. The van der Waals surface area contributed by atoms with E-state index in [1.54, 1.807) is 6.92 Å². The second-order valence-electron chi connectivity index (χ2n) is 2.39. The highest BCUT2D eigenvalue weighted by Crippen LogP contribution is 2.10. The molecule has 0 saturated heterocycles. The first-order valence-electron chi connectivity index (χ1n) is 2.92. The molecule has 3 heteroatoms. The smallest absolute Gasteiger partial charge is 0.0771 e. The average Bonchev–Trinajstić information content (AvgIpc) is 1.84. The van der Waals surface area contributed by atoms with Gasteiger partial charge in [-0.05, 0) is 12.8 Å². The van der Waals surface area contributed by atoms with Crippen LogP contribution < -0.4 is 0 Å². The number of rotatable bonds is 2. The lowest BCUT2D eigenvalue weighted by Crippen LogP contribution is -2.17. The molecule has 9 heavy (non-hydrogen) atoms. The lowest BCUT2D eigenvalue weighted by atomic mass is 10.1. The van der Waals surface area contributed by atoms with E-state index in [1.165, 1.54) is 0 Å². The molecule has 0 aromatic rings. The molecule has 0 aliphatic rings. The first-order valence-corrected chi connectivity index (χ1v) is 3.35. The van der Waals surface area contributed by atoms with Gasteiger partial charge in [0.1, 0.15) is 0 Å². The van der Waals surface area contributed by atoms with Crippen LogP contribution in [0.25, 0.3) is 0 Å². The molecule has 1 unspecified atom stereocenters. The van der Waals surface area contributed by atoms with E-state index in [9.17, 15) is 0 Å². The van der Waals surface area contributed by atoms with Gasteiger partial charge < -0.3 is 5.21 Å². The first-order chi connectivity index (χ1) is 4.09. The molecule has 0 spiro atoms. The molecule has 1 atom stereocenters. The Morgan fingerprint density at radius 1 is 1.56 bits per heavy atom. The molecule has 0 aromatic carbocycles. The predicted octanol–water partition coefficient (Wildman–Crippen LogP) is 2.10. The van der Waals surface area contributed by atoms with Crippen molar-refractivity contribution in [2.75, 3.05) is 0 Å². The third kappa shape index (κ3) is 2.70. The summed E-state index contributed by atoms with van der Waals surface area (Å²) in [6, 6.07) is 0. The zero-order valence-electron chi connectivity index (χ0n) is 5.93. The van der Waals surface area contributed by atoms with Crippen LogP contribution in [0.15, 0.2) is 5.16 Å². The average molecular weight is 150 g/mol. The van der Waals surface area contributed by atoms with Crippen molar-refractivity contribution in [3.63, 3.8) is 0 Å². The zero-order valence-corrected chi connectivity index (χ0v) is 6.68. The Kier molecular flexibility index (Phi) is 3.62. The molecule has 0 amide bonds. The minimum Gasteiger partial charge on any atom is -0.411 e. The highest BCUT2D eigenvalue weighted by Gasteiger charge is 2.12. The first kappa shape index (κ1) is 8.76. The highest BCUT2D eigenvalue weighted by atomic mass is 35.5. The lowest BCUT2D eigenvalue weighted by Gasteiger charge is -2.10. The van der Waals surface area contributed by atoms with Crippen molar-refractivity contribution < 1.29 is 5.21 Å². The largest absolute Gasteiger partial charge is 0.411 e. The maximum Gasteiger partial charge on any atom is 0.0771 e. The van der Waals surface area contributed by atoms with E-state index in [-0.39, 0.29) is 5.38 Å². The standard InChI is InChI=1S/C6H12ClNO/c1-4(2)6(7)5(3)8-9/h4,6,9H,1-3H3/b8-5+. The number of hydrogen-bond donors (Lipinski definition) is 1. The van der Waals surface area contributed by atoms with Crippen LogP contribution in [0.5, 0.6) is 0 Å². The van der Waals surface area contributed by atoms with Gasteiger partial charge in [0.2, 0.25) is 0 Å². The van der Waals surface area contributed by atoms with E-state index >= 15 is 0 Å². The molecule has 2 nitrogen and oxygen atoms in total. The maximum absolute atomic E-state index is 8.26. The van der Waals surface area contributed by atoms with Gasteiger partial charge in [0, 0.05) is 0 Å². The summed E-state index contributed by atoms with van der Waals surface area (Å²) < 4.78 is 0. The van der Waals surface area contributed by atoms with E-state index in [1.807, 2.05) is 13.8 Å². The Morgan fingerprint density at radius 3 is 2.11 bits per heavy atom. The fraction of sp³-hybridized carbons (Fsp3) is 0.833. The van der Waals surface area contributed by atoms with Gasteiger partial charge in [-0.3, -0.25) is 0 Å². The number of nitrogens with zero attached hydrogens (tertiary/aromatic N) is 1. The van der Waals surface area contributed by atoms with E-state index in [4.69, 9.17) is 16.8 Å². The van der Waals surface area contributed by atoms with E-state index in [2.05, 4.69) is 5.16 Å². The molecule has 0 aliphatic heterocycles. The molecule has 0 saturated carbocycles. The van der Waals surface area contributed by atoms with E-state index in [0.29, 0.717) is 11.6 Å². The number of oxime groups is 1. The molecule has 0 fully saturated rings. The van der Waals surface area contributed by atoms with Crippen molar-refractivity contribution in [1.82, 2.24) is 0 Å². The lowest BCUT2D eigenvalue weighted by molar-refractivity contribution is 0.316. The molecular weight excluding hydrogens is 138 g/mol. The summed E-state index contributed by atoms with van der Waals surface area (Å²) >= 11 is 5.78. The third-order valence-corrected chi connectivity index (χ3v) is 1.96. The number of hydrogen-bond acceptors (Lipinski definition) is 2. The summed E-state index contributed by atoms with van der Waals surface area (Å²) in [5, 5.41) is 11.1. The van der Waals surface area contributed by atoms with Crippen molar-refractivity contribution in [3.05, 3.63) is 0 Å². The minimum atomic E-state index is -0.144. The monoisotopic (exact) mass is 149 g/mol. The van der Waals surface area contributed by atoms with Crippen LogP contribution in [0, 0.1) is 5.92 Å². The molecule has 0 heterocycles. The van der Waals surface area contributed by atoms with Gasteiger partial charge in [0.15, 0.2) is 0 Å². The topological polar surface area (TPSA) is 32.6 Å². The molecule has 0 aliphatic carbocycles. The Hall–Kier alpha value is -0.240. The van der Waals surface area contributed by atoms with Gasteiger partial charge in [0.25, 0.3) is 0 Å². The van der Waals surface area contributed by atoms with Crippen molar-refractivity contribution >= 4 is 17.3 Å². The Bertz CT molecular complexity index is 112. The second-order valence-corrected chi connectivity index (χ2v) is 2.86. The zero-order chi connectivity index (χ0) is 7.44.